The van der Waals surface area contributed by atoms with Gasteiger partial charge in [-0.1, -0.05) is 54.6 Å². The van der Waals surface area contributed by atoms with E-state index in [1.54, 1.807) is 78.8 Å². The van der Waals surface area contributed by atoms with Gasteiger partial charge in [0.05, 0.1) is 5.39 Å². The van der Waals surface area contributed by atoms with Crippen LogP contribution >= 0.6 is 0 Å². The van der Waals surface area contributed by atoms with Crippen molar-refractivity contribution in [3.05, 3.63) is 288 Å². The molecule has 0 bridgehead atoms. The molecule has 6 aromatic carbocycles. The van der Waals surface area contributed by atoms with E-state index in [0.29, 0.717) is 75.1 Å². The molecule has 0 radical (unpaired) electrons. The summed E-state index contributed by atoms with van der Waals surface area (Å²) in [5, 5.41) is 19.6. The van der Waals surface area contributed by atoms with Crippen molar-refractivity contribution < 1.29 is 14.4 Å². The second kappa shape index (κ2) is 32.0. The van der Waals surface area contributed by atoms with Gasteiger partial charge in [0.15, 0.2) is 23.1 Å². The second-order valence-corrected chi connectivity index (χ2v) is 24.7. The molecular weight excluding hydrogens is 1300 g/mol. The van der Waals surface area contributed by atoms with Crippen LogP contribution in [0.2, 0.25) is 0 Å². The van der Waals surface area contributed by atoms with Gasteiger partial charge in [0, 0.05) is 136 Å². The van der Waals surface area contributed by atoms with E-state index in [-0.39, 0.29) is 17.7 Å². The largest absolute Gasteiger partial charge is 0.341 e. The molecule has 14 aromatic rings. The Morgan fingerprint density at radius 2 is 0.827 bits per heavy atom. The lowest BCUT2D eigenvalue weighted by Gasteiger charge is -2.17. The summed E-state index contributed by atoms with van der Waals surface area (Å²) in [6, 6.07) is 54.6. The Hall–Kier alpha value is -13.9. The van der Waals surface area contributed by atoms with Gasteiger partial charge >= 0.3 is 0 Å². The minimum absolute atomic E-state index is 0.179. The van der Waals surface area contributed by atoms with E-state index in [9.17, 15) is 14.4 Å². The normalized spacial score (nSPS) is 11.5. The molecule has 1 aliphatic rings. The smallest absolute Gasteiger partial charge is 0.255 e. The summed E-state index contributed by atoms with van der Waals surface area (Å²) >= 11 is 0. The molecular formula is C80H71N21O3. The number of hydrogen-bond acceptors (Lipinski definition) is 20. The van der Waals surface area contributed by atoms with Crippen molar-refractivity contribution in [1.29, 1.82) is 0 Å². The van der Waals surface area contributed by atoms with Gasteiger partial charge in [-0.05, 0) is 209 Å². The minimum Gasteiger partial charge on any atom is -0.341 e. The van der Waals surface area contributed by atoms with Crippen molar-refractivity contribution in [2.24, 2.45) is 0 Å². The Kier molecular flexibility index (Phi) is 21.1. The number of benzene rings is 6. The number of carbonyl (C=O) groups excluding carboxylic acids is 3. The zero-order valence-electron chi connectivity index (χ0n) is 57.8. The summed E-state index contributed by atoms with van der Waals surface area (Å²) in [7, 11) is 0. The van der Waals surface area contributed by atoms with Gasteiger partial charge in [0.2, 0.25) is 23.8 Å². The van der Waals surface area contributed by atoms with Crippen LogP contribution in [0, 0.1) is 41.5 Å². The lowest BCUT2D eigenvalue weighted by Crippen LogP contribution is -2.22. The number of amides is 3. The molecule has 24 nitrogen and oxygen atoms in total. The molecule has 24 heteroatoms. The van der Waals surface area contributed by atoms with Crippen molar-refractivity contribution in [1.82, 2.24) is 69.4 Å². The Bertz CT molecular complexity index is 5330. The molecule has 1 saturated heterocycles. The summed E-state index contributed by atoms with van der Waals surface area (Å²) in [5.41, 5.74) is 15.1. The van der Waals surface area contributed by atoms with Gasteiger partial charge in [-0.15, -0.1) is 0 Å². The Labute approximate surface area is 599 Å². The van der Waals surface area contributed by atoms with Crippen LogP contribution in [0.15, 0.2) is 238 Å². The van der Waals surface area contributed by atoms with Crippen LogP contribution < -0.4 is 36.8 Å². The van der Waals surface area contributed by atoms with Gasteiger partial charge in [-0.25, -0.2) is 24.9 Å². The molecule has 0 atom stereocenters. The van der Waals surface area contributed by atoms with Crippen LogP contribution in [0.1, 0.15) is 77.3 Å². The summed E-state index contributed by atoms with van der Waals surface area (Å²) in [5.74, 6) is 3.40. The number of nitrogens with zero attached hydrogens (tertiary/aromatic N) is 15. The van der Waals surface area contributed by atoms with Crippen LogP contribution in [-0.4, -0.2) is 100 Å². The molecule has 0 saturated carbocycles. The Morgan fingerprint density at radius 3 is 1.27 bits per heavy atom. The van der Waals surface area contributed by atoms with E-state index in [4.69, 9.17) is 4.98 Å². The monoisotopic (exact) mass is 1370 g/mol. The average Bonchev–Trinajstić information content (AvgIpc) is 1.24. The van der Waals surface area contributed by atoms with E-state index in [1.165, 1.54) is 0 Å². The van der Waals surface area contributed by atoms with Gasteiger partial charge in [0.1, 0.15) is 12.1 Å². The van der Waals surface area contributed by atoms with Gasteiger partial charge < -0.3 is 36.8 Å². The van der Waals surface area contributed by atoms with Gasteiger partial charge in [-0.3, -0.25) is 33.9 Å². The Morgan fingerprint density at radius 1 is 0.385 bits per heavy atom. The van der Waals surface area contributed by atoms with Crippen molar-refractivity contribution in [3.8, 4) is 40.1 Å². The minimum atomic E-state index is -0.202. The highest BCUT2D eigenvalue weighted by Crippen LogP contribution is 2.31. The molecule has 15 rings (SSSR count). The van der Waals surface area contributed by atoms with E-state index < -0.39 is 0 Å². The number of nitrogens with one attached hydrogen (secondary N) is 6. The predicted molar refractivity (Wildman–Crippen MR) is 406 cm³/mol. The lowest BCUT2D eigenvalue weighted by molar-refractivity contribution is 0.101. The summed E-state index contributed by atoms with van der Waals surface area (Å²) < 4.78 is 1.75. The number of pyridine rings is 4. The van der Waals surface area contributed by atoms with E-state index >= 15 is 0 Å². The molecule has 0 aliphatic carbocycles. The predicted octanol–water partition coefficient (Wildman–Crippen LogP) is 15.6. The van der Waals surface area contributed by atoms with Crippen molar-refractivity contribution in [2.75, 3.05) is 49.9 Å². The maximum Gasteiger partial charge on any atom is 0.255 e. The highest BCUT2D eigenvalue weighted by molar-refractivity contribution is 6.07. The topological polar surface area (TPSA) is 299 Å². The summed E-state index contributed by atoms with van der Waals surface area (Å²) in [4.78, 5) is 99.1. The van der Waals surface area contributed by atoms with Crippen LogP contribution in [0.4, 0.5) is 57.8 Å². The molecule has 8 aromatic heterocycles. The number of aromatic nitrogens is 14. The van der Waals surface area contributed by atoms with Crippen LogP contribution in [-0.2, 0) is 0 Å². The standard InChI is InChI=1S/C28H23N7O.C27H22N6O.C25H26N8O/c1-18-6-3-9-23(14-18)31-27(36)20-11-10-19(2)24(15-20)32-28-34-25(21-7-4-12-29-16-21)33-26(35-28)22-8-5-13-30-17-22;1-17-6-3-8-21(14-17)30-27(34)19-11-10-18(2)23(15-19)31-26-22-9-5-13-29-25(22)32-24(33-26)20-7-4-12-28-16-20;1-17-6-5-7-20(14-17)27-22(34)19-9-8-18(2)21(15-19)28-23-29-24(32-11-3-4-12-32)31-25(30-23)33-13-10-26-16-33/h3-17H,1-2H3,(H,31,36)(H,32,33,34,35);3-16H,1-2H3,(H,30,34)(H,29,31,32,33);5-10,13-16H,3-4,11-12H2,1-2H3,(H,27,34)(H,28,29,30,31). The first-order valence-electron chi connectivity index (χ1n) is 33.5. The maximum atomic E-state index is 12.9. The molecule has 3 amide bonds. The number of anilines is 10. The summed E-state index contributed by atoms with van der Waals surface area (Å²) in [6.07, 6.45) is 19.3. The van der Waals surface area contributed by atoms with Gasteiger partial charge in [-0.2, -0.15) is 24.9 Å². The third-order valence-electron chi connectivity index (χ3n) is 16.7. The maximum absolute atomic E-state index is 12.9. The first-order valence-corrected chi connectivity index (χ1v) is 33.5. The summed E-state index contributed by atoms with van der Waals surface area (Å²) in [6.45, 7) is 13.7. The number of carbonyl (C=O) groups is 3. The molecule has 514 valence electrons. The van der Waals surface area contributed by atoms with Crippen molar-refractivity contribution in [2.45, 2.75) is 54.4 Å². The SMILES string of the molecule is Cc1cccc(NC(=O)c2ccc(C)c(Nc3nc(-c4cccnc4)nc(-c4cccnc4)n3)c2)c1.Cc1cccc(NC(=O)c2ccc(C)c(Nc3nc(-c4cccnc4)nc4ncccc34)c2)c1.Cc1cccc(NC(=O)c2ccc(C)c(Nc3nc(N4CCCC4)nc(-n4ccnc4)n3)c2)c1. The van der Waals surface area contributed by atoms with E-state index in [0.717, 1.165) is 110 Å². The quantitative estimate of drug-likeness (QED) is 0.0493. The molecule has 9 heterocycles. The number of rotatable bonds is 17. The first kappa shape index (κ1) is 68.6. The van der Waals surface area contributed by atoms with Crippen LogP contribution in [0.3, 0.4) is 0 Å². The van der Waals surface area contributed by atoms with Crippen molar-refractivity contribution >= 4 is 86.5 Å². The number of imidazole rings is 1. The fourth-order valence-electron chi connectivity index (χ4n) is 11.2. The van der Waals surface area contributed by atoms with Gasteiger partial charge in [0.25, 0.3) is 17.7 Å². The third kappa shape index (κ3) is 17.4. The van der Waals surface area contributed by atoms with E-state index in [1.807, 2.05) is 205 Å². The lowest BCUT2D eigenvalue weighted by atomic mass is 10.1. The second-order valence-electron chi connectivity index (χ2n) is 24.7. The fraction of sp³-hybridized carbons (Fsp3) is 0.125. The van der Waals surface area contributed by atoms with Crippen LogP contribution in [0.25, 0.3) is 51.1 Å². The number of fused-ring (bicyclic) bond motifs is 1. The first-order chi connectivity index (χ1) is 50.7. The molecule has 1 fully saturated rings. The zero-order valence-corrected chi connectivity index (χ0v) is 57.8. The molecule has 1 aliphatic heterocycles. The van der Waals surface area contributed by atoms with Crippen molar-refractivity contribution in [3.63, 3.8) is 0 Å². The highest BCUT2D eigenvalue weighted by Gasteiger charge is 2.21. The Balaban J connectivity index is 0.000000139. The molecule has 6 N–H and O–H groups in total. The molecule has 0 spiro atoms. The average molecular weight is 1370 g/mol. The molecule has 0 unspecified atom stereocenters. The fourth-order valence-corrected chi connectivity index (χ4v) is 11.2. The number of aryl methyl sites for hydroxylation is 6. The zero-order chi connectivity index (χ0) is 71.9. The third-order valence-corrected chi connectivity index (χ3v) is 16.7. The van der Waals surface area contributed by atoms with Crippen LogP contribution in [0.5, 0.6) is 0 Å². The van der Waals surface area contributed by atoms with E-state index in [2.05, 4.69) is 96.6 Å². The number of hydrogen-bond donors (Lipinski definition) is 6. The molecule has 104 heavy (non-hydrogen) atoms. The highest BCUT2D eigenvalue weighted by atomic mass is 16.2.